The van der Waals surface area contributed by atoms with Crippen LogP contribution in [0, 0.1) is 0 Å². The van der Waals surface area contributed by atoms with E-state index in [1.54, 1.807) is 7.11 Å². The van der Waals surface area contributed by atoms with E-state index in [9.17, 15) is 4.79 Å². The maximum Gasteiger partial charge on any atom is 0.234 e. The quantitative estimate of drug-likeness (QED) is 0.798. The summed E-state index contributed by atoms with van der Waals surface area (Å²) in [4.78, 5) is 14.0. The van der Waals surface area contributed by atoms with Gasteiger partial charge in [-0.2, -0.15) is 0 Å². The third kappa shape index (κ3) is 6.22. The van der Waals surface area contributed by atoms with Crippen LogP contribution in [0.2, 0.25) is 5.02 Å². The fourth-order valence-electron chi connectivity index (χ4n) is 2.44. The van der Waals surface area contributed by atoms with Crippen molar-refractivity contribution in [3.05, 3.63) is 64.7 Å². The number of likely N-dealkylation sites (N-methyl/N-ethyl adjacent to an activating group) is 1. The lowest BCUT2D eigenvalue weighted by molar-refractivity contribution is -0.122. The molecule has 24 heavy (non-hydrogen) atoms. The molecule has 0 bridgehead atoms. The minimum Gasteiger partial charge on any atom is -0.497 e. The summed E-state index contributed by atoms with van der Waals surface area (Å²) >= 11 is 5.86. The van der Waals surface area contributed by atoms with Gasteiger partial charge in [-0.15, -0.1) is 0 Å². The van der Waals surface area contributed by atoms with E-state index in [1.165, 1.54) is 0 Å². The summed E-state index contributed by atoms with van der Waals surface area (Å²) < 4.78 is 5.21. The Morgan fingerprint density at radius 3 is 2.62 bits per heavy atom. The van der Waals surface area contributed by atoms with Crippen LogP contribution in [0.25, 0.3) is 0 Å². The van der Waals surface area contributed by atoms with Crippen molar-refractivity contribution in [3.8, 4) is 5.75 Å². The minimum atomic E-state index is 0.0226. The van der Waals surface area contributed by atoms with E-state index in [4.69, 9.17) is 16.3 Å². The fourth-order valence-corrected chi connectivity index (χ4v) is 2.56. The zero-order valence-corrected chi connectivity index (χ0v) is 14.8. The van der Waals surface area contributed by atoms with Crippen molar-refractivity contribution in [1.82, 2.24) is 10.2 Å². The van der Waals surface area contributed by atoms with E-state index in [-0.39, 0.29) is 5.91 Å². The van der Waals surface area contributed by atoms with E-state index in [2.05, 4.69) is 5.32 Å². The van der Waals surface area contributed by atoms with Crippen molar-refractivity contribution in [2.24, 2.45) is 0 Å². The second-order valence-corrected chi connectivity index (χ2v) is 6.19. The predicted molar refractivity (Wildman–Crippen MR) is 97.5 cm³/mol. The maximum absolute atomic E-state index is 12.0. The summed E-state index contributed by atoms with van der Waals surface area (Å²) in [5, 5.41) is 3.67. The Kier molecular flexibility index (Phi) is 7.09. The molecule has 2 aromatic rings. The molecule has 1 N–H and O–H groups in total. The Morgan fingerprint density at radius 2 is 1.92 bits per heavy atom. The van der Waals surface area contributed by atoms with Gasteiger partial charge in [0.15, 0.2) is 0 Å². The zero-order chi connectivity index (χ0) is 17.4. The maximum atomic E-state index is 12.0. The number of halogens is 1. The van der Waals surface area contributed by atoms with Gasteiger partial charge in [-0.25, -0.2) is 0 Å². The van der Waals surface area contributed by atoms with Crippen molar-refractivity contribution in [2.45, 2.75) is 13.0 Å². The number of amides is 1. The lowest BCUT2D eigenvalue weighted by Gasteiger charge is -2.16. The van der Waals surface area contributed by atoms with Gasteiger partial charge in [0, 0.05) is 18.1 Å². The van der Waals surface area contributed by atoms with Crippen LogP contribution in [0.15, 0.2) is 48.5 Å². The van der Waals surface area contributed by atoms with Crippen LogP contribution in [0.4, 0.5) is 0 Å². The first kappa shape index (κ1) is 18.3. The molecule has 4 nitrogen and oxygen atoms in total. The summed E-state index contributed by atoms with van der Waals surface area (Å²) in [5.41, 5.74) is 2.27. The van der Waals surface area contributed by atoms with Crippen molar-refractivity contribution in [1.29, 1.82) is 0 Å². The van der Waals surface area contributed by atoms with Crippen molar-refractivity contribution < 1.29 is 9.53 Å². The molecule has 0 unspecified atom stereocenters. The number of hydrogen-bond donors (Lipinski definition) is 1. The highest BCUT2D eigenvalue weighted by Crippen LogP contribution is 2.13. The molecular formula is C19H23ClN2O2. The zero-order valence-electron chi connectivity index (χ0n) is 14.1. The molecule has 5 heteroatoms. The van der Waals surface area contributed by atoms with Gasteiger partial charge in [0.2, 0.25) is 5.91 Å². The van der Waals surface area contributed by atoms with Crippen LogP contribution in [-0.2, 0) is 17.8 Å². The Morgan fingerprint density at radius 1 is 1.17 bits per heavy atom. The summed E-state index contributed by atoms with van der Waals surface area (Å²) in [6.45, 7) is 1.67. The average Bonchev–Trinajstić information content (AvgIpc) is 2.56. The number of nitrogens with zero attached hydrogens (tertiary/aromatic N) is 1. The molecule has 0 fully saturated rings. The van der Waals surface area contributed by atoms with E-state index in [1.807, 2.05) is 60.5 Å². The van der Waals surface area contributed by atoms with Crippen molar-refractivity contribution in [2.75, 3.05) is 27.2 Å². The van der Waals surface area contributed by atoms with Crippen molar-refractivity contribution in [3.63, 3.8) is 0 Å². The standard InChI is InChI=1S/C19H23ClN2O2/c1-22(13-16-4-3-5-18(12-16)24-2)14-19(23)21-11-10-15-6-8-17(20)9-7-15/h3-9,12H,10-11,13-14H2,1-2H3,(H,21,23). The number of carbonyl (C=O) groups excluding carboxylic acids is 1. The molecule has 0 aliphatic heterocycles. The second kappa shape index (κ2) is 9.30. The van der Waals surface area contributed by atoms with Crippen LogP contribution in [0.1, 0.15) is 11.1 Å². The third-order valence-electron chi connectivity index (χ3n) is 3.65. The molecule has 1 amide bonds. The molecule has 0 heterocycles. The molecule has 128 valence electrons. The Balaban J connectivity index is 1.72. The van der Waals surface area contributed by atoms with Gasteiger partial charge in [-0.05, 0) is 48.9 Å². The number of methoxy groups -OCH3 is 1. The molecule has 2 aromatic carbocycles. The minimum absolute atomic E-state index is 0.0226. The predicted octanol–water partition coefficient (Wildman–Crippen LogP) is 3.14. The fraction of sp³-hybridized carbons (Fsp3) is 0.316. The summed E-state index contributed by atoms with van der Waals surface area (Å²) in [6.07, 6.45) is 0.794. The average molecular weight is 347 g/mol. The Bertz CT molecular complexity index is 659. The van der Waals surface area contributed by atoms with Gasteiger partial charge in [0.25, 0.3) is 0 Å². The molecule has 0 saturated heterocycles. The summed E-state index contributed by atoms with van der Waals surface area (Å²) in [5.74, 6) is 0.850. The monoisotopic (exact) mass is 346 g/mol. The van der Waals surface area contributed by atoms with Crippen LogP contribution < -0.4 is 10.1 Å². The van der Waals surface area contributed by atoms with E-state index < -0.39 is 0 Å². The Hall–Kier alpha value is -2.04. The lowest BCUT2D eigenvalue weighted by atomic mass is 10.1. The number of hydrogen-bond acceptors (Lipinski definition) is 3. The highest BCUT2D eigenvalue weighted by atomic mass is 35.5. The van der Waals surface area contributed by atoms with Gasteiger partial charge < -0.3 is 10.1 Å². The molecule has 0 aliphatic carbocycles. The summed E-state index contributed by atoms with van der Waals surface area (Å²) in [6, 6.07) is 15.5. The molecule has 0 atom stereocenters. The van der Waals surface area contributed by atoms with E-state index >= 15 is 0 Å². The molecule has 0 aromatic heterocycles. The Labute approximate surface area is 148 Å². The van der Waals surface area contributed by atoms with Gasteiger partial charge in [-0.1, -0.05) is 35.9 Å². The van der Waals surface area contributed by atoms with Crippen molar-refractivity contribution >= 4 is 17.5 Å². The van der Waals surface area contributed by atoms with E-state index in [0.29, 0.717) is 19.6 Å². The van der Waals surface area contributed by atoms with Gasteiger partial charge in [0.05, 0.1) is 13.7 Å². The highest BCUT2D eigenvalue weighted by Gasteiger charge is 2.07. The van der Waals surface area contributed by atoms with Gasteiger partial charge >= 0.3 is 0 Å². The molecule has 2 rings (SSSR count). The summed E-state index contributed by atoms with van der Waals surface area (Å²) in [7, 11) is 3.58. The number of rotatable bonds is 8. The largest absolute Gasteiger partial charge is 0.497 e. The lowest BCUT2D eigenvalue weighted by Crippen LogP contribution is -2.35. The first-order valence-corrected chi connectivity index (χ1v) is 8.27. The molecule has 0 aliphatic rings. The topological polar surface area (TPSA) is 41.6 Å². The molecule has 0 radical (unpaired) electrons. The van der Waals surface area contributed by atoms with Crippen LogP contribution in [0.5, 0.6) is 5.75 Å². The van der Waals surface area contributed by atoms with E-state index in [0.717, 1.165) is 28.3 Å². The smallest absolute Gasteiger partial charge is 0.234 e. The first-order chi connectivity index (χ1) is 11.6. The van der Waals surface area contributed by atoms with Crippen LogP contribution in [-0.4, -0.2) is 38.1 Å². The third-order valence-corrected chi connectivity index (χ3v) is 3.90. The highest BCUT2D eigenvalue weighted by molar-refractivity contribution is 6.30. The number of ether oxygens (including phenoxy) is 1. The first-order valence-electron chi connectivity index (χ1n) is 7.89. The number of carbonyl (C=O) groups is 1. The molecular weight excluding hydrogens is 324 g/mol. The number of nitrogens with one attached hydrogen (secondary N) is 1. The van der Waals surface area contributed by atoms with Crippen LogP contribution in [0.3, 0.4) is 0 Å². The second-order valence-electron chi connectivity index (χ2n) is 5.75. The SMILES string of the molecule is COc1cccc(CN(C)CC(=O)NCCc2ccc(Cl)cc2)c1. The van der Waals surface area contributed by atoms with Gasteiger partial charge in [0.1, 0.15) is 5.75 Å². The van der Waals surface area contributed by atoms with Gasteiger partial charge in [-0.3, -0.25) is 9.69 Å². The molecule has 0 saturated carbocycles. The normalized spacial score (nSPS) is 10.7. The van der Waals surface area contributed by atoms with Crippen LogP contribution >= 0.6 is 11.6 Å². The molecule has 0 spiro atoms. The number of benzene rings is 2.